The van der Waals surface area contributed by atoms with Gasteiger partial charge in [0, 0.05) is 5.69 Å². The summed E-state index contributed by atoms with van der Waals surface area (Å²) in [5.74, 6) is -0.298. The predicted molar refractivity (Wildman–Crippen MR) is 65.4 cm³/mol. The quantitative estimate of drug-likeness (QED) is 0.628. The van der Waals surface area contributed by atoms with Crippen molar-refractivity contribution < 1.29 is 9.53 Å². The van der Waals surface area contributed by atoms with E-state index < -0.39 is 0 Å². The highest BCUT2D eigenvalue weighted by molar-refractivity contribution is 5.90. The van der Waals surface area contributed by atoms with Gasteiger partial charge in [-0.25, -0.2) is 4.79 Å². The lowest BCUT2D eigenvalue weighted by atomic mass is 10.1. The molecule has 1 aromatic rings. The lowest BCUT2D eigenvalue weighted by molar-refractivity contribution is 0.0323. The van der Waals surface area contributed by atoms with Crippen LogP contribution in [0, 0.1) is 6.92 Å². The van der Waals surface area contributed by atoms with E-state index in [0.29, 0.717) is 11.3 Å². The fraction of sp³-hybridized carbons (Fsp3) is 0.462. The molecule has 0 heterocycles. The van der Waals surface area contributed by atoms with Crippen LogP contribution in [0.5, 0.6) is 0 Å². The normalized spacial score (nSPS) is 12.2. The minimum atomic E-state index is -0.298. The standard InChI is InChI=1S/C13H19NO2/c1-4-5-10(3)16-13(15)11-7-6-9(2)12(14)8-11/h6-8,10H,4-5,14H2,1-3H3. The summed E-state index contributed by atoms with van der Waals surface area (Å²) in [4.78, 5) is 11.7. The van der Waals surface area contributed by atoms with Gasteiger partial charge in [-0.05, 0) is 38.0 Å². The van der Waals surface area contributed by atoms with Crippen LogP contribution in [0.4, 0.5) is 5.69 Å². The number of nitrogen functional groups attached to an aromatic ring is 1. The van der Waals surface area contributed by atoms with Crippen LogP contribution in [0.3, 0.4) is 0 Å². The van der Waals surface area contributed by atoms with Crippen LogP contribution < -0.4 is 5.73 Å². The van der Waals surface area contributed by atoms with Crippen LogP contribution >= 0.6 is 0 Å². The molecule has 0 aliphatic carbocycles. The second kappa shape index (κ2) is 5.54. The van der Waals surface area contributed by atoms with Gasteiger partial charge in [0.1, 0.15) is 0 Å². The van der Waals surface area contributed by atoms with Crippen molar-refractivity contribution >= 4 is 11.7 Å². The second-order valence-electron chi connectivity index (χ2n) is 4.08. The molecule has 1 unspecified atom stereocenters. The first kappa shape index (κ1) is 12.6. The smallest absolute Gasteiger partial charge is 0.338 e. The van der Waals surface area contributed by atoms with Crippen molar-refractivity contribution in [1.82, 2.24) is 0 Å². The molecule has 0 radical (unpaired) electrons. The summed E-state index contributed by atoms with van der Waals surface area (Å²) in [6.07, 6.45) is 1.84. The summed E-state index contributed by atoms with van der Waals surface area (Å²) in [5, 5.41) is 0. The van der Waals surface area contributed by atoms with Crippen LogP contribution in [0.15, 0.2) is 18.2 Å². The van der Waals surface area contributed by atoms with Gasteiger partial charge in [0.2, 0.25) is 0 Å². The fourth-order valence-corrected chi connectivity index (χ4v) is 1.48. The molecule has 2 N–H and O–H groups in total. The van der Waals surface area contributed by atoms with Gasteiger partial charge in [-0.2, -0.15) is 0 Å². The Labute approximate surface area is 96.6 Å². The molecular formula is C13H19NO2. The third-order valence-corrected chi connectivity index (χ3v) is 2.52. The third kappa shape index (κ3) is 3.26. The Kier molecular flexibility index (Phi) is 4.35. The number of aryl methyl sites for hydroxylation is 1. The van der Waals surface area contributed by atoms with Gasteiger partial charge in [-0.3, -0.25) is 0 Å². The molecule has 0 fully saturated rings. The van der Waals surface area contributed by atoms with E-state index in [1.54, 1.807) is 12.1 Å². The SMILES string of the molecule is CCCC(C)OC(=O)c1ccc(C)c(N)c1. The van der Waals surface area contributed by atoms with Crippen molar-refractivity contribution in [1.29, 1.82) is 0 Å². The van der Waals surface area contributed by atoms with Crippen LogP contribution in [-0.4, -0.2) is 12.1 Å². The molecule has 0 aliphatic heterocycles. The highest BCUT2D eigenvalue weighted by Gasteiger charge is 2.11. The van der Waals surface area contributed by atoms with E-state index in [1.165, 1.54) is 0 Å². The summed E-state index contributed by atoms with van der Waals surface area (Å²) in [6.45, 7) is 5.87. The topological polar surface area (TPSA) is 52.3 Å². The Morgan fingerprint density at radius 3 is 2.75 bits per heavy atom. The van der Waals surface area contributed by atoms with Gasteiger partial charge in [0.25, 0.3) is 0 Å². The van der Waals surface area contributed by atoms with Gasteiger partial charge in [-0.15, -0.1) is 0 Å². The van der Waals surface area contributed by atoms with Crippen LogP contribution in [0.1, 0.15) is 42.6 Å². The van der Waals surface area contributed by atoms with E-state index in [4.69, 9.17) is 10.5 Å². The first-order valence-corrected chi connectivity index (χ1v) is 5.61. The third-order valence-electron chi connectivity index (χ3n) is 2.52. The molecule has 0 spiro atoms. The van der Waals surface area contributed by atoms with Crippen molar-refractivity contribution in [3.8, 4) is 0 Å². The number of nitrogens with two attached hydrogens (primary N) is 1. The number of esters is 1. The van der Waals surface area contributed by atoms with Gasteiger partial charge < -0.3 is 10.5 Å². The zero-order chi connectivity index (χ0) is 12.1. The minimum Gasteiger partial charge on any atom is -0.459 e. The molecule has 1 atom stereocenters. The van der Waals surface area contributed by atoms with Gasteiger partial charge in [0.15, 0.2) is 0 Å². The summed E-state index contributed by atoms with van der Waals surface area (Å²) < 4.78 is 5.28. The van der Waals surface area contributed by atoms with Crippen molar-refractivity contribution in [2.45, 2.75) is 39.7 Å². The lowest BCUT2D eigenvalue weighted by Crippen LogP contribution is -2.15. The largest absolute Gasteiger partial charge is 0.459 e. The first-order chi connectivity index (χ1) is 7.54. The van der Waals surface area contributed by atoms with Gasteiger partial charge in [0.05, 0.1) is 11.7 Å². The Balaban J connectivity index is 2.69. The van der Waals surface area contributed by atoms with Gasteiger partial charge in [-0.1, -0.05) is 19.4 Å². The van der Waals surface area contributed by atoms with Crippen molar-refractivity contribution in [3.05, 3.63) is 29.3 Å². The van der Waals surface area contributed by atoms with E-state index in [2.05, 4.69) is 6.92 Å². The second-order valence-corrected chi connectivity index (χ2v) is 4.08. The summed E-state index contributed by atoms with van der Waals surface area (Å²) in [5.41, 5.74) is 7.85. The molecule has 0 aliphatic rings. The Hall–Kier alpha value is -1.51. The average molecular weight is 221 g/mol. The number of rotatable bonds is 4. The lowest BCUT2D eigenvalue weighted by Gasteiger charge is -2.12. The maximum Gasteiger partial charge on any atom is 0.338 e. The molecular weight excluding hydrogens is 202 g/mol. The number of carbonyl (C=O) groups is 1. The van der Waals surface area contributed by atoms with Crippen molar-refractivity contribution in [2.24, 2.45) is 0 Å². The van der Waals surface area contributed by atoms with E-state index in [1.807, 2.05) is 19.9 Å². The molecule has 3 heteroatoms. The zero-order valence-electron chi connectivity index (χ0n) is 10.1. The van der Waals surface area contributed by atoms with E-state index in [-0.39, 0.29) is 12.1 Å². The zero-order valence-corrected chi connectivity index (χ0v) is 10.1. The Bertz CT molecular complexity index is 374. The number of ether oxygens (including phenoxy) is 1. The highest BCUT2D eigenvalue weighted by atomic mass is 16.5. The number of anilines is 1. The number of benzene rings is 1. The van der Waals surface area contributed by atoms with Crippen LogP contribution in [-0.2, 0) is 4.74 Å². The van der Waals surface area contributed by atoms with Crippen LogP contribution in [0.2, 0.25) is 0 Å². The molecule has 88 valence electrons. The molecule has 3 nitrogen and oxygen atoms in total. The fourth-order valence-electron chi connectivity index (χ4n) is 1.48. The summed E-state index contributed by atoms with van der Waals surface area (Å²) in [7, 11) is 0. The van der Waals surface area contributed by atoms with Crippen molar-refractivity contribution in [2.75, 3.05) is 5.73 Å². The van der Waals surface area contributed by atoms with E-state index in [9.17, 15) is 4.79 Å². The predicted octanol–water partition coefficient (Wildman–Crippen LogP) is 2.92. The molecule has 1 rings (SSSR count). The van der Waals surface area contributed by atoms with Crippen LogP contribution in [0.25, 0.3) is 0 Å². The molecule has 16 heavy (non-hydrogen) atoms. The van der Waals surface area contributed by atoms with Crippen molar-refractivity contribution in [3.63, 3.8) is 0 Å². The molecule has 0 aromatic heterocycles. The molecule has 0 saturated heterocycles. The van der Waals surface area contributed by atoms with E-state index >= 15 is 0 Å². The first-order valence-electron chi connectivity index (χ1n) is 5.61. The molecule has 0 saturated carbocycles. The molecule has 0 amide bonds. The molecule has 0 bridgehead atoms. The maximum absolute atomic E-state index is 11.7. The monoisotopic (exact) mass is 221 g/mol. The molecule has 1 aromatic carbocycles. The van der Waals surface area contributed by atoms with Gasteiger partial charge >= 0.3 is 5.97 Å². The summed E-state index contributed by atoms with van der Waals surface area (Å²) in [6, 6.07) is 5.24. The Morgan fingerprint density at radius 2 is 2.19 bits per heavy atom. The Morgan fingerprint density at radius 1 is 1.50 bits per heavy atom. The minimum absolute atomic E-state index is 0.0416. The average Bonchev–Trinajstić information content (AvgIpc) is 2.22. The maximum atomic E-state index is 11.7. The number of hydrogen-bond acceptors (Lipinski definition) is 3. The summed E-state index contributed by atoms with van der Waals surface area (Å²) >= 11 is 0. The number of hydrogen-bond donors (Lipinski definition) is 1. The van der Waals surface area contributed by atoms with E-state index in [0.717, 1.165) is 18.4 Å². The number of carbonyl (C=O) groups excluding carboxylic acids is 1. The highest BCUT2D eigenvalue weighted by Crippen LogP contribution is 2.15.